The van der Waals surface area contributed by atoms with E-state index in [0.29, 0.717) is 17.5 Å². The van der Waals surface area contributed by atoms with Gasteiger partial charge in [0.25, 0.3) is 0 Å². The summed E-state index contributed by atoms with van der Waals surface area (Å²) in [5, 5.41) is 3.64. The van der Waals surface area contributed by atoms with Crippen LogP contribution in [0.15, 0.2) is 0 Å². The van der Waals surface area contributed by atoms with Gasteiger partial charge in [-0.05, 0) is 52.9 Å². The van der Waals surface area contributed by atoms with Crippen LogP contribution in [-0.2, 0) is 0 Å². The molecule has 2 unspecified atom stereocenters. The predicted octanol–water partition coefficient (Wildman–Crippen LogP) is 2.67. The Labute approximate surface area is 121 Å². The van der Waals surface area contributed by atoms with E-state index in [1.165, 1.54) is 6.42 Å². The van der Waals surface area contributed by atoms with Gasteiger partial charge in [0.1, 0.15) is 0 Å². The van der Waals surface area contributed by atoms with Gasteiger partial charge in [-0.15, -0.1) is 0 Å². The number of hydrogen-bond acceptors (Lipinski definition) is 3. The van der Waals surface area contributed by atoms with Crippen LogP contribution in [0.5, 0.6) is 0 Å². The van der Waals surface area contributed by atoms with Gasteiger partial charge in [-0.2, -0.15) is 0 Å². The fourth-order valence-electron chi connectivity index (χ4n) is 2.52. The monoisotopic (exact) mass is 271 g/mol. The highest BCUT2D eigenvalue weighted by Crippen LogP contribution is 2.23. The van der Waals surface area contributed by atoms with Crippen LogP contribution in [-0.4, -0.2) is 62.2 Å². The summed E-state index contributed by atoms with van der Waals surface area (Å²) in [6.07, 6.45) is 1.20. The largest absolute Gasteiger partial charge is 0.314 e. The van der Waals surface area contributed by atoms with E-state index in [1.54, 1.807) is 0 Å². The molecule has 0 aliphatic rings. The van der Waals surface area contributed by atoms with Crippen molar-refractivity contribution in [2.24, 2.45) is 5.41 Å². The van der Waals surface area contributed by atoms with Crippen LogP contribution in [0.2, 0.25) is 0 Å². The van der Waals surface area contributed by atoms with Gasteiger partial charge in [0.2, 0.25) is 0 Å². The van der Waals surface area contributed by atoms with Gasteiger partial charge in [-0.25, -0.2) is 0 Å². The minimum Gasteiger partial charge on any atom is -0.314 e. The van der Waals surface area contributed by atoms with Crippen molar-refractivity contribution in [1.29, 1.82) is 0 Å². The van der Waals surface area contributed by atoms with Gasteiger partial charge < -0.3 is 10.2 Å². The zero-order chi connectivity index (χ0) is 15.1. The lowest BCUT2D eigenvalue weighted by Crippen LogP contribution is -2.50. The van der Waals surface area contributed by atoms with Gasteiger partial charge in [0, 0.05) is 25.2 Å². The summed E-state index contributed by atoms with van der Waals surface area (Å²) in [6, 6.07) is 1.16. The molecule has 2 atom stereocenters. The van der Waals surface area contributed by atoms with Crippen molar-refractivity contribution in [3.63, 3.8) is 0 Å². The maximum absolute atomic E-state index is 3.64. The van der Waals surface area contributed by atoms with Crippen LogP contribution in [0.3, 0.4) is 0 Å². The number of nitrogens with zero attached hydrogens (tertiary/aromatic N) is 2. The topological polar surface area (TPSA) is 18.5 Å². The molecular weight excluding hydrogens is 234 g/mol. The molecule has 0 rings (SSSR count). The molecule has 1 N–H and O–H groups in total. The summed E-state index contributed by atoms with van der Waals surface area (Å²) < 4.78 is 0. The van der Waals surface area contributed by atoms with Crippen molar-refractivity contribution < 1.29 is 0 Å². The molecule has 3 heteroatoms. The summed E-state index contributed by atoms with van der Waals surface area (Å²) in [4.78, 5) is 4.88. The van der Waals surface area contributed by atoms with Crippen molar-refractivity contribution in [2.45, 2.75) is 60.0 Å². The van der Waals surface area contributed by atoms with Crippen LogP contribution < -0.4 is 5.32 Å². The number of hydrogen-bond donors (Lipinski definition) is 1. The minimum atomic E-state index is 0.297. The summed E-state index contributed by atoms with van der Waals surface area (Å²) in [5.41, 5.74) is 0.297. The van der Waals surface area contributed by atoms with E-state index in [4.69, 9.17) is 0 Å². The van der Waals surface area contributed by atoms with Crippen LogP contribution >= 0.6 is 0 Å². The first kappa shape index (κ1) is 18.9. The first-order chi connectivity index (χ1) is 8.74. The van der Waals surface area contributed by atoms with Gasteiger partial charge in [0.15, 0.2) is 0 Å². The minimum absolute atomic E-state index is 0.297. The molecule has 0 aromatic carbocycles. The quantitative estimate of drug-likeness (QED) is 0.659. The Kier molecular flexibility index (Phi) is 8.88. The zero-order valence-corrected chi connectivity index (χ0v) is 14.6. The second-order valence-electron chi connectivity index (χ2n) is 6.84. The first-order valence-corrected chi connectivity index (χ1v) is 7.86. The molecular formula is C16H37N3. The highest BCUT2D eigenvalue weighted by Gasteiger charge is 2.29. The highest BCUT2D eigenvalue weighted by molar-refractivity contribution is 4.85. The highest BCUT2D eigenvalue weighted by atomic mass is 15.2. The van der Waals surface area contributed by atoms with Crippen molar-refractivity contribution in [3.05, 3.63) is 0 Å². The molecule has 0 bridgehead atoms. The first-order valence-electron chi connectivity index (χ1n) is 7.86. The molecule has 0 aliphatic carbocycles. The van der Waals surface area contributed by atoms with Gasteiger partial charge in [-0.1, -0.05) is 27.7 Å². The molecule has 0 aromatic heterocycles. The number of rotatable bonds is 10. The van der Waals surface area contributed by atoms with Crippen molar-refractivity contribution >= 4 is 0 Å². The standard InChI is InChI=1S/C16H37N3/c1-9-11-17-15(4)16(5,6)13-19(10-2)14(3)12-18(7)8/h14-15,17H,9-13H2,1-8H3. The van der Waals surface area contributed by atoms with Crippen molar-refractivity contribution in [3.8, 4) is 0 Å². The van der Waals surface area contributed by atoms with Crippen LogP contribution in [0.1, 0.15) is 48.0 Å². The zero-order valence-electron chi connectivity index (χ0n) is 14.6. The normalized spacial score (nSPS) is 16.1. The number of nitrogens with one attached hydrogen (secondary N) is 1. The molecule has 0 heterocycles. The average molecular weight is 271 g/mol. The molecule has 0 radical (unpaired) electrons. The summed E-state index contributed by atoms with van der Waals surface area (Å²) in [7, 11) is 4.31. The van der Waals surface area contributed by atoms with E-state index in [2.05, 4.69) is 70.8 Å². The van der Waals surface area contributed by atoms with Gasteiger partial charge in [0.05, 0.1) is 0 Å². The molecule has 0 spiro atoms. The second-order valence-corrected chi connectivity index (χ2v) is 6.84. The van der Waals surface area contributed by atoms with E-state index in [1.807, 2.05) is 0 Å². The number of likely N-dealkylation sites (N-methyl/N-ethyl adjacent to an activating group) is 2. The van der Waals surface area contributed by atoms with Crippen LogP contribution in [0.25, 0.3) is 0 Å². The molecule has 0 aliphatic heterocycles. The van der Waals surface area contributed by atoms with E-state index >= 15 is 0 Å². The van der Waals surface area contributed by atoms with Crippen LogP contribution in [0.4, 0.5) is 0 Å². The second kappa shape index (κ2) is 8.93. The fourth-order valence-corrected chi connectivity index (χ4v) is 2.52. The maximum atomic E-state index is 3.64. The maximum Gasteiger partial charge on any atom is 0.0194 e. The smallest absolute Gasteiger partial charge is 0.0194 e. The Balaban J connectivity index is 4.48. The molecule has 0 amide bonds. The molecule has 0 saturated carbocycles. The third-order valence-corrected chi connectivity index (χ3v) is 4.14. The van der Waals surface area contributed by atoms with Gasteiger partial charge >= 0.3 is 0 Å². The van der Waals surface area contributed by atoms with Gasteiger partial charge in [-0.3, -0.25) is 4.90 Å². The van der Waals surface area contributed by atoms with E-state index in [-0.39, 0.29) is 0 Å². The van der Waals surface area contributed by atoms with Crippen molar-refractivity contribution in [1.82, 2.24) is 15.1 Å². The molecule has 116 valence electrons. The average Bonchev–Trinajstić information content (AvgIpc) is 2.31. The summed E-state index contributed by atoms with van der Waals surface area (Å²) in [6.45, 7) is 18.4. The Morgan fingerprint density at radius 3 is 2.11 bits per heavy atom. The van der Waals surface area contributed by atoms with E-state index in [0.717, 1.165) is 26.2 Å². The molecule has 0 aromatic rings. The Hall–Kier alpha value is -0.120. The lowest BCUT2D eigenvalue weighted by atomic mass is 9.84. The lowest BCUT2D eigenvalue weighted by Gasteiger charge is -2.40. The fraction of sp³-hybridized carbons (Fsp3) is 1.00. The third kappa shape index (κ3) is 7.28. The molecule has 3 nitrogen and oxygen atoms in total. The van der Waals surface area contributed by atoms with Crippen LogP contribution in [0, 0.1) is 5.41 Å². The Bertz CT molecular complexity index is 226. The lowest BCUT2D eigenvalue weighted by molar-refractivity contribution is 0.103. The predicted molar refractivity (Wildman–Crippen MR) is 86.8 cm³/mol. The summed E-state index contributed by atoms with van der Waals surface area (Å²) in [5.74, 6) is 0. The summed E-state index contributed by atoms with van der Waals surface area (Å²) >= 11 is 0. The van der Waals surface area contributed by atoms with Crippen molar-refractivity contribution in [2.75, 3.05) is 40.3 Å². The van der Waals surface area contributed by atoms with E-state index < -0.39 is 0 Å². The SMILES string of the molecule is CCCNC(C)C(C)(C)CN(CC)C(C)CN(C)C. The molecule has 0 saturated heterocycles. The Morgan fingerprint density at radius 1 is 1.11 bits per heavy atom. The Morgan fingerprint density at radius 2 is 1.68 bits per heavy atom. The third-order valence-electron chi connectivity index (χ3n) is 4.14. The molecule has 19 heavy (non-hydrogen) atoms. The van der Waals surface area contributed by atoms with E-state index in [9.17, 15) is 0 Å². The molecule has 0 fully saturated rings.